The Morgan fingerprint density at radius 1 is 0.395 bits per heavy atom. The van der Waals surface area contributed by atoms with Gasteiger partial charge in [0.2, 0.25) is 0 Å². The molecule has 0 aliphatic rings. The molecule has 43 heavy (non-hydrogen) atoms. The second kappa shape index (κ2) is 9.44. The Hall–Kier alpha value is -5.66. The fraction of sp³-hybridized carbons (Fsp3) is 0. The minimum absolute atomic E-state index is 0.0153. The molecular formula is C42H26O. The van der Waals surface area contributed by atoms with E-state index in [4.69, 9.17) is 18.1 Å². The van der Waals surface area contributed by atoms with Crippen LogP contribution in [0.25, 0.3) is 87.6 Å². The van der Waals surface area contributed by atoms with E-state index in [0.717, 1.165) is 43.8 Å². The molecule has 0 fully saturated rings. The Kier molecular flexibility index (Phi) is 3.53. The largest absolute Gasteiger partial charge is 0.456 e. The summed E-state index contributed by atoms with van der Waals surface area (Å²) in [4.78, 5) is 0. The van der Waals surface area contributed by atoms with E-state index in [1.54, 1.807) is 30.3 Å². The number of fused-ring (bicyclic) bond motifs is 6. The van der Waals surface area contributed by atoms with Gasteiger partial charge in [0.15, 0.2) is 0 Å². The minimum atomic E-state index is -0.437. The van der Waals surface area contributed by atoms with Crippen LogP contribution in [0.1, 0.15) is 13.7 Å². The van der Waals surface area contributed by atoms with Crippen LogP contribution in [-0.2, 0) is 0 Å². The molecule has 8 aromatic carbocycles. The van der Waals surface area contributed by atoms with Crippen LogP contribution in [0.5, 0.6) is 0 Å². The third-order valence-electron chi connectivity index (χ3n) is 8.20. The molecule has 0 aliphatic heterocycles. The molecule has 1 heterocycles. The second-order valence-corrected chi connectivity index (χ2v) is 10.5. The molecule has 0 bridgehead atoms. The number of para-hydroxylation sites is 1. The third kappa shape index (κ3) is 3.72. The molecule has 0 atom stereocenters. The summed E-state index contributed by atoms with van der Waals surface area (Å²) in [5, 5.41) is 5.39. The van der Waals surface area contributed by atoms with Crippen LogP contribution in [0, 0.1) is 0 Å². The predicted molar refractivity (Wildman–Crippen MR) is 183 cm³/mol. The lowest BCUT2D eigenvalue weighted by atomic mass is 9.84. The first-order valence-electron chi connectivity index (χ1n) is 18.9. The van der Waals surface area contributed by atoms with Crippen LogP contribution in [0.15, 0.2) is 162 Å². The van der Waals surface area contributed by atoms with Gasteiger partial charge in [-0.2, -0.15) is 0 Å². The van der Waals surface area contributed by atoms with Gasteiger partial charge in [-0.25, -0.2) is 0 Å². The van der Waals surface area contributed by atoms with E-state index in [2.05, 4.69) is 0 Å². The van der Waals surface area contributed by atoms with E-state index in [1.165, 1.54) is 0 Å². The lowest BCUT2D eigenvalue weighted by Crippen LogP contribution is -1.91. The topological polar surface area (TPSA) is 13.1 Å². The lowest BCUT2D eigenvalue weighted by molar-refractivity contribution is 0.669. The Morgan fingerprint density at radius 3 is 1.79 bits per heavy atom. The Labute approximate surface area is 263 Å². The van der Waals surface area contributed by atoms with Gasteiger partial charge in [-0.1, -0.05) is 139 Å². The molecule has 0 saturated heterocycles. The molecule has 0 saturated carbocycles. The van der Waals surface area contributed by atoms with Crippen molar-refractivity contribution in [2.45, 2.75) is 0 Å². The Bertz CT molecular complexity index is 2980. The number of furan rings is 1. The van der Waals surface area contributed by atoms with Crippen molar-refractivity contribution >= 4 is 54.3 Å². The summed E-state index contributed by atoms with van der Waals surface area (Å²) in [6.45, 7) is 0. The normalized spacial score (nSPS) is 15.0. The summed E-state index contributed by atoms with van der Waals surface area (Å²) in [5.41, 5.74) is 4.12. The summed E-state index contributed by atoms with van der Waals surface area (Å²) < 4.78 is 91.2. The summed E-state index contributed by atoms with van der Waals surface area (Å²) in [5.74, 6) is 0. The molecule has 0 radical (unpaired) electrons. The van der Waals surface area contributed by atoms with Crippen molar-refractivity contribution < 1.29 is 18.1 Å². The quantitative estimate of drug-likeness (QED) is 0.197. The first-order valence-corrected chi connectivity index (χ1v) is 13.9. The fourth-order valence-electron chi connectivity index (χ4n) is 6.27. The first-order chi connectivity index (χ1) is 25.4. The zero-order chi connectivity index (χ0) is 37.0. The van der Waals surface area contributed by atoms with Crippen molar-refractivity contribution in [3.8, 4) is 33.4 Å². The Morgan fingerprint density at radius 2 is 1.02 bits per heavy atom. The zero-order valence-electron chi connectivity index (χ0n) is 32.6. The van der Waals surface area contributed by atoms with E-state index in [0.29, 0.717) is 27.3 Å². The van der Waals surface area contributed by atoms with E-state index in [1.807, 2.05) is 66.7 Å². The third-order valence-corrected chi connectivity index (χ3v) is 8.20. The average Bonchev–Trinajstić information content (AvgIpc) is 3.55. The second-order valence-electron chi connectivity index (χ2n) is 10.5. The number of hydrogen-bond donors (Lipinski definition) is 0. The standard InChI is InChI=1S/C42H26O/c1-2-12-31-28(10-1)11-9-18-33(31)42-36-16-5-3-14-34(36)41(35-15-4-6-17-37(35)42)29-22-20-27(21-23-29)30-24-25-40-38(26-30)32-13-7-8-19-39(32)43-40/h1-26H/i3D,4D,5D,6D,7D,8D,13D,19D,24D,25D. The zero-order valence-corrected chi connectivity index (χ0v) is 22.6. The van der Waals surface area contributed by atoms with Crippen LogP contribution in [0.2, 0.25) is 0 Å². The molecule has 1 nitrogen and oxygen atoms in total. The molecule has 0 spiro atoms. The molecule has 0 amide bonds. The number of benzene rings is 8. The van der Waals surface area contributed by atoms with Crippen LogP contribution >= 0.6 is 0 Å². The van der Waals surface area contributed by atoms with Crippen molar-refractivity contribution in [2.24, 2.45) is 0 Å². The van der Waals surface area contributed by atoms with Crippen molar-refractivity contribution in [2.75, 3.05) is 0 Å². The highest BCUT2D eigenvalue weighted by Gasteiger charge is 2.18. The highest BCUT2D eigenvalue weighted by atomic mass is 16.3. The van der Waals surface area contributed by atoms with Gasteiger partial charge in [0.25, 0.3) is 0 Å². The molecule has 1 aromatic heterocycles. The van der Waals surface area contributed by atoms with Gasteiger partial charge < -0.3 is 4.42 Å². The van der Waals surface area contributed by atoms with Crippen molar-refractivity contribution in [1.82, 2.24) is 0 Å². The molecule has 200 valence electrons. The maximum atomic E-state index is 8.87. The van der Waals surface area contributed by atoms with Crippen LogP contribution < -0.4 is 0 Å². The molecule has 1 heteroatoms. The van der Waals surface area contributed by atoms with Gasteiger partial charge in [0.05, 0.1) is 13.7 Å². The summed E-state index contributed by atoms with van der Waals surface area (Å²) in [7, 11) is 0. The highest BCUT2D eigenvalue weighted by Crippen LogP contribution is 2.45. The van der Waals surface area contributed by atoms with Crippen LogP contribution in [0.4, 0.5) is 0 Å². The molecule has 0 N–H and O–H groups in total. The summed E-state index contributed by atoms with van der Waals surface area (Å²) in [6.07, 6.45) is 0. The molecular weight excluding hydrogens is 520 g/mol. The maximum Gasteiger partial charge on any atom is 0.135 e. The van der Waals surface area contributed by atoms with Gasteiger partial charge >= 0.3 is 0 Å². The SMILES string of the molecule is [2H]c1cc2c(-c3ccc(-c4cc5c(oc6c([2H])c([2H])c([2H])c([2H])c65)c([2H])c4[2H])cc3)c3cc([2H])c([2H])cc3c(-c3cccc4ccccc34)c2cc1[2H]. The van der Waals surface area contributed by atoms with Crippen LogP contribution in [0.3, 0.4) is 0 Å². The Balaban J connectivity index is 1.31. The number of hydrogen-bond acceptors (Lipinski definition) is 1. The molecule has 9 aromatic rings. The van der Waals surface area contributed by atoms with Gasteiger partial charge in [0.1, 0.15) is 11.2 Å². The van der Waals surface area contributed by atoms with E-state index in [-0.39, 0.29) is 64.9 Å². The van der Waals surface area contributed by atoms with Gasteiger partial charge in [-0.15, -0.1) is 0 Å². The minimum Gasteiger partial charge on any atom is -0.456 e. The van der Waals surface area contributed by atoms with Gasteiger partial charge in [-0.3, -0.25) is 0 Å². The van der Waals surface area contributed by atoms with Crippen LogP contribution in [-0.4, -0.2) is 0 Å². The fourth-order valence-corrected chi connectivity index (χ4v) is 6.27. The van der Waals surface area contributed by atoms with Crippen molar-refractivity contribution in [3.05, 3.63) is 157 Å². The van der Waals surface area contributed by atoms with E-state index >= 15 is 0 Å². The average molecular weight is 557 g/mol. The van der Waals surface area contributed by atoms with Gasteiger partial charge in [-0.05, 0) is 83.8 Å². The summed E-state index contributed by atoms with van der Waals surface area (Å²) in [6, 6.07) is 28.2. The number of rotatable bonds is 3. The highest BCUT2D eigenvalue weighted by molar-refractivity contribution is 6.23. The summed E-state index contributed by atoms with van der Waals surface area (Å²) >= 11 is 0. The monoisotopic (exact) mass is 556 g/mol. The molecule has 9 rings (SSSR count). The first kappa shape index (κ1) is 16.1. The predicted octanol–water partition coefficient (Wildman–Crippen LogP) is 12.0. The maximum absolute atomic E-state index is 8.87. The molecule has 0 aliphatic carbocycles. The smallest absolute Gasteiger partial charge is 0.135 e. The lowest BCUT2D eigenvalue weighted by Gasteiger charge is -2.19. The van der Waals surface area contributed by atoms with Gasteiger partial charge in [0, 0.05) is 10.8 Å². The van der Waals surface area contributed by atoms with E-state index in [9.17, 15) is 0 Å². The van der Waals surface area contributed by atoms with E-state index < -0.39 is 12.1 Å². The van der Waals surface area contributed by atoms with Crippen molar-refractivity contribution in [1.29, 1.82) is 0 Å². The molecule has 0 unspecified atom stereocenters. The van der Waals surface area contributed by atoms with Crippen molar-refractivity contribution in [3.63, 3.8) is 0 Å².